The third-order valence-corrected chi connectivity index (χ3v) is 3.68. The fraction of sp³-hybridized carbons (Fsp3) is 0.643. The number of nitrogen functional groups attached to an aromatic ring is 1. The van der Waals surface area contributed by atoms with E-state index in [1.807, 2.05) is 12.1 Å². The predicted molar refractivity (Wildman–Crippen MR) is 73.5 cm³/mol. The third kappa shape index (κ3) is 3.28. The molecule has 1 aromatic heterocycles. The lowest BCUT2D eigenvalue weighted by Gasteiger charge is -2.16. The Hall–Kier alpha value is -2.05. The summed E-state index contributed by atoms with van der Waals surface area (Å²) < 4.78 is 7.42. The molecule has 6 heteroatoms. The topological polar surface area (TPSA) is 101 Å². The van der Waals surface area contributed by atoms with E-state index in [9.17, 15) is 0 Å². The molecule has 0 amide bonds. The summed E-state index contributed by atoms with van der Waals surface area (Å²) in [6, 6.07) is 3.86. The minimum absolute atomic E-state index is 0.0828. The molecule has 0 atom stereocenters. The molecule has 1 heterocycles. The van der Waals surface area contributed by atoms with Gasteiger partial charge in [-0.15, -0.1) is 0 Å². The number of rotatable bonds is 4. The van der Waals surface area contributed by atoms with Gasteiger partial charge in [0.2, 0.25) is 5.95 Å². The minimum atomic E-state index is 0.0828. The van der Waals surface area contributed by atoms with Crippen LogP contribution in [-0.2, 0) is 11.3 Å². The van der Waals surface area contributed by atoms with Gasteiger partial charge in [0, 0.05) is 0 Å². The van der Waals surface area contributed by atoms with E-state index in [1.54, 1.807) is 4.57 Å². The maximum absolute atomic E-state index is 9.07. The Labute approximate surface area is 118 Å². The van der Waals surface area contributed by atoms with E-state index >= 15 is 0 Å². The Morgan fingerprint density at radius 3 is 2.50 bits per heavy atom. The molecule has 2 rings (SSSR count). The van der Waals surface area contributed by atoms with Crippen molar-refractivity contribution in [3.63, 3.8) is 0 Å². The smallest absolute Gasteiger partial charge is 0.202 e. The Balaban J connectivity index is 1.92. The molecule has 0 radical (unpaired) electrons. The molecule has 1 aliphatic carbocycles. The summed E-state index contributed by atoms with van der Waals surface area (Å²) in [5.74, 6) is 0.197. The molecule has 0 aromatic carbocycles. The minimum Gasteiger partial charge on any atom is -0.376 e. The lowest BCUT2D eigenvalue weighted by Crippen LogP contribution is -2.17. The van der Waals surface area contributed by atoms with E-state index in [0.717, 1.165) is 12.8 Å². The van der Waals surface area contributed by atoms with Crippen molar-refractivity contribution in [2.24, 2.45) is 0 Å². The highest BCUT2D eigenvalue weighted by atomic mass is 16.5. The zero-order chi connectivity index (χ0) is 14.4. The summed E-state index contributed by atoms with van der Waals surface area (Å²) >= 11 is 0. The fourth-order valence-corrected chi connectivity index (χ4v) is 2.61. The number of nitrogens with zero attached hydrogens (tertiary/aromatic N) is 4. The molecule has 6 nitrogen and oxygen atoms in total. The second kappa shape index (κ2) is 6.93. The van der Waals surface area contributed by atoms with Gasteiger partial charge < -0.3 is 10.5 Å². The molecule has 0 aliphatic heterocycles. The van der Waals surface area contributed by atoms with E-state index < -0.39 is 0 Å². The standard InChI is InChI=1S/C14H19N5O/c15-9-12-13(10-16)19(14(17)18-12)7-8-20-11-5-3-1-2-4-6-11/h11H,1-8H2,(H2,17,18). The third-order valence-electron chi connectivity index (χ3n) is 3.68. The van der Waals surface area contributed by atoms with Crippen LogP contribution in [0.25, 0.3) is 0 Å². The number of anilines is 1. The maximum Gasteiger partial charge on any atom is 0.202 e. The van der Waals surface area contributed by atoms with Gasteiger partial charge in [-0.05, 0) is 12.8 Å². The average molecular weight is 273 g/mol. The summed E-state index contributed by atoms with van der Waals surface area (Å²) in [6.07, 6.45) is 7.54. The number of nitriles is 2. The molecule has 0 spiro atoms. The van der Waals surface area contributed by atoms with E-state index in [0.29, 0.717) is 19.3 Å². The Bertz CT molecular complexity index is 529. The molecule has 1 saturated carbocycles. The monoisotopic (exact) mass is 273 g/mol. The van der Waals surface area contributed by atoms with Crippen LogP contribution in [-0.4, -0.2) is 22.3 Å². The zero-order valence-electron chi connectivity index (χ0n) is 11.5. The first-order valence-corrected chi connectivity index (χ1v) is 7.04. The van der Waals surface area contributed by atoms with Gasteiger partial charge in [-0.25, -0.2) is 4.98 Å². The normalized spacial score (nSPS) is 16.3. The number of imidazole rings is 1. The fourth-order valence-electron chi connectivity index (χ4n) is 2.61. The second-order valence-electron chi connectivity index (χ2n) is 5.03. The summed E-state index contributed by atoms with van der Waals surface area (Å²) in [7, 11) is 0. The Kier molecular flexibility index (Phi) is 4.97. The second-order valence-corrected chi connectivity index (χ2v) is 5.03. The number of ether oxygens (including phenoxy) is 1. The van der Waals surface area contributed by atoms with Gasteiger partial charge in [0.25, 0.3) is 0 Å². The highest BCUT2D eigenvalue weighted by molar-refractivity contribution is 5.43. The molecule has 0 unspecified atom stereocenters. The first-order chi connectivity index (χ1) is 9.76. The molecular weight excluding hydrogens is 254 g/mol. The van der Waals surface area contributed by atoms with Gasteiger partial charge in [-0.3, -0.25) is 4.57 Å². The van der Waals surface area contributed by atoms with Crippen molar-refractivity contribution in [2.45, 2.75) is 51.2 Å². The van der Waals surface area contributed by atoms with E-state index in [-0.39, 0.29) is 17.3 Å². The van der Waals surface area contributed by atoms with Crippen LogP contribution in [0.5, 0.6) is 0 Å². The molecule has 0 bridgehead atoms. The van der Waals surface area contributed by atoms with Crippen LogP contribution in [0.4, 0.5) is 5.95 Å². The van der Waals surface area contributed by atoms with Crippen LogP contribution in [0.2, 0.25) is 0 Å². The molecule has 0 saturated heterocycles. The number of hydrogen-bond donors (Lipinski definition) is 1. The average Bonchev–Trinajstić information content (AvgIpc) is 2.64. The van der Waals surface area contributed by atoms with Gasteiger partial charge in [-0.2, -0.15) is 10.5 Å². The molecule has 20 heavy (non-hydrogen) atoms. The van der Waals surface area contributed by atoms with Crippen LogP contribution in [0.15, 0.2) is 0 Å². The van der Waals surface area contributed by atoms with Gasteiger partial charge in [0.05, 0.1) is 19.3 Å². The van der Waals surface area contributed by atoms with Crippen LogP contribution in [0.3, 0.4) is 0 Å². The van der Waals surface area contributed by atoms with Gasteiger partial charge in [0.1, 0.15) is 12.1 Å². The summed E-state index contributed by atoms with van der Waals surface area (Å²) in [5, 5.41) is 18.0. The van der Waals surface area contributed by atoms with Gasteiger partial charge in [-0.1, -0.05) is 25.7 Å². The van der Waals surface area contributed by atoms with Crippen molar-refractivity contribution >= 4 is 5.95 Å². The van der Waals surface area contributed by atoms with E-state index in [2.05, 4.69) is 4.98 Å². The van der Waals surface area contributed by atoms with Gasteiger partial charge in [0.15, 0.2) is 11.4 Å². The van der Waals surface area contributed by atoms with Crippen molar-refractivity contribution < 1.29 is 4.74 Å². The number of aromatic nitrogens is 2. The Morgan fingerprint density at radius 1 is 1.20 bits per heavy atom. The van der Waals surface area contributed by atoms with Crippen molar-refractivity contribution in [3.05, 3.63) is 11.4 Å². The highest BCUT2D eigenvalue weighted by Crippen LogP contribution is 2.20. The quantitative estimate of drug-likeness (QED) is 0.845. The SMILES string of the molecule is N#Cc1nc(N)n(CCOC2CCCCCC2)c1C#N. The van der Waals surface area contributed by atoms with E-state index in [4.69, 9.17) is 21.0 Å². The predicted octanol–water partition coefficient (Wildman–Crippen LogP) is 1.95. The molecule has 106 valence electrons. The number of nitrogens with two attached hydrogens (primary N) is 1. The van der Waals surface area contributed by atoms with Crippen molar-refractivity contribution in [3.8, 4) is 12.1 Å². The number of hydrogen-bond acceptors (Lipinski definition) is 5. The van der Waals surface area contributed by atoms with Crippen molar-refractivity contribution in [1.29, 1.82) is 10.5 Å². The highest BCUT2D eigenvalue weighted by Gasteiger charge is 2.16. The molecule has 1 aliphatic rings. The van der Waals surface area contributed by atoms with Crippen molar-refractivity contribution in [2.75, 3.05) is 12.3 Å². The summed E-state index contributed by atoms with van der Waals surface area (Å²) in [5.41, 5.74) is 6.03. The zero-order valence-corrected chi connectivity index (χ0v) is 11.5. The van der Waals surface area contributed by atoms with E-state index in [1.165, 1.54) is 25.7 Å². The van der Waals surface area contributed by atoms with Crippen molar-refractivity contribution in [1.82, 2.24) is 9.55 Å². The molecule has 2 N–H and O–H groups in total. The van der Waals surface area contributed by atoms with Crippen LogP contribution in [0, 0.1) is 22.7 Å². The molecular formula is C14H19N5O. The van der Waals surface area contributed by atoms with Crippen LogP contribution < -0.4 is 5.73 Å². The Morgan fingerprint density at radius 2 is 1.90 bits per heavy atom. The summed E-state index contributed by atoms with van der Waals surface area (Å²) in [6.45, 7) is 0.949. The lowest BCUT2D eigenvalue weighted by atomic mass is 10.1. The lowest BCUT2D eigenvalue weighted by molar-refractivity contribution is 0.0384. The summed E-state index contributed by atoms with van der Waals surface area (Å²) in [4.78, 5) is 3.88. The van der Waals surface area contributed by atoms with Crippen LogP contribution >= 0.6 is 0 Å². The molecule has 1 fully saturated rings. The largest absolute Gasteiger partial charge is 0.376 e. The maximum atomic E-state index is 9.07. The first-order valence-electron chi connectivity index (χ1n) is 7.04. The van der Waals surface area contributed by atoms with Crippen LogP contribution in [0.1, 0.15) is 49.9 Å². The van der Waals surface area contributed by atoms with Gasteiger partial charge >= 0.3 is 0 Å². The molecule has 1 aromatic rings. The first kappa shape index (κ1) is 14.4.